The minimum Gasteiger partial charge on any atom is -0.314 e. The van der Waals surface area contributed by atoms with Crippen LogP contribution in [0.3, 0.4) is 0 Å². The summed E-state index contributed by atoms with van der Waals surface area (Å²) in [4.78, 5) is 4.76. The molecule has 102 valence electrons. The first-order valence-corrected chi connectivity index (χ1v) is 8.30. The van der Waals surface area contributed by atoms with Gasteiger partial charge < -0.3 is 5.32 Å². The summed E-state index contributed by atoms with van der Waals surface area (Å²) in [5.74, 6) is 1.20. The van der Waals surface area contributed by atoms with Crippen LogP contribution >= 0.6 is 11.8 Å². The highest BCUT2D eigenvalue weighted by Crippen LogP contribution is 2.14. The van der Waals surface area contributed by atoms with Crippen molar-refractivity contribution < 1.29 is 0 Å². The Kier molecular flexibility index (Phi) is 5.67. The van der Waals surface area contributed by atoms with Gasteiger partial charge >= 0.3 is 0 Å². The molecule has 0 fully saturated rings. The number of fused-ring (bicyclic) bond motifs is 1. The summed E-state index contributed by atoms with van der Waals surface area (Å²) in [6.45, 7) is 3.19. The molecule has 0 spiro atoms. The van der Waals surface area contributed by atoms with Crippen LogP contribution < -0.4 is 5.32 Å². The maximum Gasteiger partial charge on any atom is 0.0705 e. The molecule has 1 heterocycles. The number of nitrogens with zero attached hydrogens (tertiary/aromatic N) is 1. The van der Waals surface area contributed by atoms with E-state index in [1.807, 2.05) is 11.8 Å². The third-order valence-electron chi connectivity index (χ3n) is 3.27. The van der Waals surface area contributed by atoms with Crippen molar-refractivity contribution in [3.05, 3.63) is 42.1 Å². The molecule has 3 heteroatoms. The molecule has 0 radical (unpaired) electrons. The van der Waals surface area contributed by atoms with E-state index in [9.17, 15) is 0 Å². The lowest BCUT2D eigenvalue weighted by molar-refractivity contribution is 0.509. The average molecular weight is 274 g/mol. The Labute approximate surface area is 120 Å². The highest BCUT2D eigenvalue weighted by Gasteiger charge is 2.09. The summed E-state index contributed by atoms with van der Waals surface area (Å²) in [5, 5.41) is 4.78. The summed E-state index contributed by atoms with van der Waals surface area (Å²) in [6.07, 6.45) is 4.38. The fraction of sp³-hybridized carbons (Fsp3) is 0.438. The van der Waals surface area contributed by atoms with Gasteiger partial charge in [-0.15, -0.1) is 0 Å². The zero-order valence-electron chi connectivity index (χ0n) is 11.7. The van der Waals surface area contributed by atoms with Crippen molar-refractivity contribution in [3.8, 4) is 0 Å². The zero-order chi connectivity index (χ0) is 13.5. The van der Waals surface area contributed by atoms with Crippen LogP contribution in [0.1, 0.15) is 19.0 Å². The Bertz CT molecular complexity index is 513. The predicted molar refractivity (Wildman–Crippen MR) is 85.9 cm³/mol. The number of hydrogen-bond donors (Lipinski definition) is 1. The maximum absolute atomic E-state index is 4.76. The number of hydrogen-bond acceptors (Lipinski definition) is 3. The van der Waals surface area contributed by atoms with Gasteiger partial charge in [0.25, 0.3) is 0 Å². The van der Waals surface area contributed by atoms with E-state index in [1.165, 1.54) is 23.3 Å². The third-order valence-corrected chi connectivity index (χ3v) is 3.92. The van der Waals surface area contributed by atoms with Gasteiger partial charge in [-0.3, -0.25) is 4.98 Å². The van der Waals surface area contributed by atoms with E-state index < -0.39 is 0 Å². The van der Waals surface area contributed by atoms with Crippen molar-refractivity contribution in [3.63, 3.8) is 0 Å². The summed E-state index contributed by atoms with van der Waals surface area (Å²) >= 11 is 1.91. The summed E-state index contributed by atoms with van der Waals surface area (Å²) in [6, 6.07) is 13.2. The van der Waals surface area contributed by atoms with E-state index in [4.69, 9.17) is 4.98 Å². The van der Waals surface area contributed by atoms with Gasteiger partial charge in [0.05, 0.1) is 5.52 Å². The summed E-state index contributed by atoms with van der Waals surface area (Å²) in [7, 11) is 0. The number of aromatic nitrogens is 1. The smallest absolute Gasteiger partial charge is 0.0705 e. The lowest BCUT2D eigenvalue weighted by Gasteiger charge is -2.17. The van der Waals surface area contributed by atoms with E-state index in [2.05, 4.69) is 54.9 Å². The topological polar surface area (TPSA) is 24.9 Å². The van der Waals surface area contributed by atoms with Crippen molar-refractivity contribution in [2.45, 2.75) is 25.8 Å². The van der Waals surface area contributed by atoms with Crippen LogP contribution in [0.4, 0.5) is 0 Å². The molecule has 1 aromatic heterocycles. The van der Waals surface area contributed by atoms with Crippen LogP contribution in [0.5, 0.6) is 0 Å². The van der Waals surface area contributed by atoms with Crippen molar-refractivity contribution in [1.82, 2.24) is 10.3 Å². The Hall–Kier alpha value is -1.06. The quantitative estimate of drug-likeness (QED) is 0.836. The van der Waals surface area contributed by atoms with Gasteiger partial charge in [-0.2, -0.15) is 11.8 Å². The molecule has 1 unspecified atom stereocenters. The molecular weight excluding hydrogens is 252 g/mol. The van der Waals surface area contributed by atoms with E-state index in [0.29, 0.717) is 6.04 Å². The van der Waals surface area contributed by atoms with Crippen LogP contribution in [-0.2, 0) is 6.42 Å². The monoisotopic (exact) mass is 274 g/mol. The van der Waals surface area contributed by atoms with Gasteiger partial charge in [0.15, 0.2) is 0 Å². The van der Waals surface area contributed by atoms with Crippen molar-refractivity contribution >= 4 is 22.7 Å². The van der Waals surface area contributed by atoms with Gasteiger partial charge in [-0.25, -0.2) is 0 Å². The fourth-order valence-electron chi connectivity index (χ4n) is 2.30. The SMILES string of the molecule is CCNC(CCSC)Cc1ccc2ccccc2n1. The normalized spacial score (nSPS) is 12.7. The average Bonchev–Trinajstić information content (AvgIpc) is 2.45. The maximum atomic E-state index is 4.76. The van der Waals surface area contributed by atoms with Gasteiger partial charge in [-0.1, -0.05) is 31.2 Å². The Morgan fingerprint density at radius 2 is 2.05 bits per heavy atom. The first-order chi connectivity index (χ1) is 9.33. The number of nitrogens with one attached hydrogen (secondary N) is 1. The predicted octanol–water partition coefficient (Wildman–Crippen LogP) is 3.51. The number of rotatable bonds is 7. The van der Waals surface area contributed by atoms with Crippen molar-refractivity contribution in [2.24, 2.45) is 0 Å². The summed E-state index contributed by atoms with van der Waals surface area (Å²) in [5.41, 5.74) is 2.28. The van der Waals surface area contributed by atoms with Gasteiger partial charge in [0, 0.05) is 23.5 Å². The molecule has 19 heavy (non-hydrogen) atoms. The third kappa shape index (κ3) is 4.22. The molecule has 2 aromatic rings. The minimum absolute atomic E-state index is 0.533. The highest BCUT2D eigenvalue weighted by atomic mass is 32.2. The van der Waals surface area contributed by atoms with Gasteiger partial charge in [-0.05, 0) is 37.1 Å². The lowest BCUT2D eigenvalue weighted by atomic mass is 10.1. The molecular formula is C16H22N2S. The molecule has 0 saturated carbocycles. The van der Waals surface area contributed by atoms with E-state index in [0.717, 1.165) is 18.5 Å². The van der Waals surface area contributed by atoms with Crippen LogP contribution in [0, 0.1) is 0 Å². The molecule has 2 rings (SSSR count). The first kappa shape index (κ1) is 14.4. The fourth-order valence-corrected chi connectivity index (χ4v) is 2.82. The van der Waals surface area contributed by atoms with Crippen LogP contribution in [-0.4, -0.2) is 29.6 Å². The van der Waals surface area contributed by atoms with Crippen molar-refractivity contribution in [1.29, 1.82) is 0 Å². The second kappa shape index (κ2) is 7.51. The van der Waals surface area contributed by atoms with Gasteiger partial charge in [0.2, 0.25) is 0 Å². The van der Waals surface area contributed by atoms with Crippen LogP contribution in [0.25, 0.3) is 10.9 Å². The zero-order valence-corrected chi connectivity index (χ0v) is 12.5. The molecule has 1 atom stereocenters. The van der Waals surface area contributed by atoms with Crippen LogP contribution in [0.15, 0.2) is 36.4 Å². The molecule has 0 saturated heterocycles. The van der Waals surface area contributed by atoms with Gasteiger partial charge in [0.1, 0.15) is 0 Å². The molecule has 1 N–H and O–H groups in total. The number of likely N-dealkylation sites (N-methyl/N-ethyl adjacent to an activating group) is 1. The molecule has 0 aliphatic carbocycles. The molecule has 0 bridgehead atoms. The molecule has 2 nitrogen and oxygen atoms in total. The summed E-state index contributed by atoms with van der Waals surface area (Å²) < 4.78 is 0. The minimum atomic E-state index is 0.533. The Morgan fingerprint density at radius 1 is 1.21 bits per heavy atom. The Balaban J connectivity index is 2.09. The van der Waals surface area contributed by atoms with E-state index in [1.54, 1.807) is 0 Å². The molecule has 0 aliphatic heterocycles. The number of pyridine rings is 1. The molecule has 1 aromatic carbocycles. The standard InChI is InChI=1S/C16H22N2S/c1-3-17-14(10-11-19-2)12-15-9-8-13-6-4-5-7-16(13)18-15/h4-9,14,17H,3,10-12H2,1-2H3. The lowest BCUT2D eigenvalue weighted by Crippen LogP contribution is -2.31. The second-order valence-electron chi connectivity index (χ2n) is 4.74. The number of para-hydroxylation sites is 1. The number of thioether (sulfide) groups is 1. The number of benzene rings is 1. The van der Waals surface area contributed by atoms with Crippen LogP contribution in [0.2, 0.25) is 0 Å². The molecule has 0 amide bonds. The van der Waals surface area contributed by atoms with E-state index in [-0.39, 0.29) is 0 Å². The van der Waals surface area contributed by atoms with Crippen molar-refractivity contribution in [2.75, 3.05) is 18.6 Å². The highest BCUT2D eigenvalue weighted by molar-refractivity contribution is 7.98. The first-order valence-electron chi connectivity index (χ1n) is 6.90. The molecule has 0 aliphatic rings. The largest absolute Gasteiger partial charge is 0.314 e. The van der Waals surface area contributed by atoms with E-state index >= 15 is 0 Å². The Morgan fingerprint density at radius 3 is 2.84 bits per heavy atom. The second-order valence-corrected chi connectivity index (χ2v) is 5.72.